The minimum atomic E-state index is -0.482. The van der Waals surface area contributed by atoms with Crippen molar-refractivity contribution in [1.29, 1.82) is 0 Å². The van der Waals surface area contributed by atoms with E-state index in [2.05, 4.69) is 26.2 Å². The number of anilines is 1. The van der Waals surface area contributed by atoms with Crippen molar-refractivity contribution in [2.24, 2.45) is 5.73 Å². The highest BCUT2D eigenvalue weighted by Crippen LogP contribution is 2.20. The summed E-state index contributed by atoms with van der Waals surface area (Å²) < 4.78 is 13.7. The van der Waals surface area contributed by atoms with Crippen molar-refractivity contribution in [3.63, 3.8) is 0 Å². The number of hydrogen-bond acceptors (Lipinski definition) is 3. The van der Waals surface area contributed by atoms with Gasteiger partial charge >= 0.3 is 0 Å². The molecule has 2 aromatic rings. The largest absolute Gasteiger partial charge is 0.389 e. The van der Waals surface area contributed by atoms with Crippen molar-refractivity contribution in [2.75, 3.05) is 5.32 Å². The van der Waals surface area contributed by atoms with Gasteiger partial charge in [-0.15, -0.1) is 0 Å². The molecule has 1 amide bonds. The van der Waals surface area contributed by atoms with Crippen molar-refractivity contribution >= 4 is 44.7 Å². The number of rotatable bonds is 3. The van der Waals surface area contributed by atoms with Crippen LogP contribution >= 0.6 is 28.1 Å². The molecule has 0 spiro atoms. The second-order valence-corrected chi connectivity index (χ2v) is 5.14. The standard InChI is InChI=1S/C13H9BrFN3OS/c14-9-2-1-5-17-11(9)13(19)18-10-4-3-7(15)6-8(10)12(16)20/h1-6H,(H2,16,20)(H,18,19). The quantitative estimate of drug-likeness (QED) is 0.832. The summed E-state index contributed by atoms with van der Waals surface area (Å²) in [4.78, 5) is 16.1. The van der Waals surface area contributed by atoms with E-state index in [4.69, 9.17) is 18.0 Å². The summed E-state index contributed by atoms with van der Waals surface area (Å²) in [5.41, 5.74) is 6.33. The van der Waals surface area contributed by atoms with Crippen LogP contribution in [0.15, 0.2) is 41.0 Å². The summed E-state index contributed by atoms with van der Waals surface area (Å²) in [7, 11) is 0. The predicted molar refractivity (Wildman–Crippen MR) is 82.2 cm³/mol. The molecule has 1 aromatic heterocycles. The van der Waals surface area contributed by atoms with Gasteiger partial charge in [-0.3, -0.25) is 4.79 Å². The van der Waals surface area contributed by atoms with E-state index >= 15 is 0 Å². The molecule has 20 heavy (non-hydrogen) atoms. The van der Waals surface area contributed by atoms with E-state index in [-0.39, 0.29) is 16.2 Å². The number of hydrogen-bond donors (Lipinski definition) is 2. The van der Waals surface area contributed by atoms with Gasteiger partial charge in [0.15, 0.2) is 0 Å². The number of carbonyl (C=O) groups is 1. The Hall–Kier alpha value is -1.86. The van der Waals surface area contributed by atoms with Gasteiger partial charge in [-0.1, -0.05) is 12.2 Å². The van der Waals surface area contributed by atoms with Crippen LogP contribution in [0, 0.1) is 5.82 Å². The van der Waals surface area contributed by atoms with Crippen LogP contribution in [-0.4, -0.2) is 15.9 Å². The zero-order valence-corrected chi connectivity index (χ0v) is 12.5. The van der Waals surface area contributed by atoms with Crippen molar-refractivity contribution in [3.05, 3.63) is 58.1 Å². The van der Waals surface area contributed by atoms with Crippen molar-refractivity contribution in [1.82, 2.24) is 4.98 Å². The van der Waals surface area contributed by atoms with Crippen LogP contribution in [0.1, 0.15) is 16.1 Å². The molecule has 0 fully saturated rings. The number of carbonyl (C=O) groups excluding carboxylic acids is 1. The minimum Gasteiger partial charge on any atom is -0.389 e. The summed E-state index contributed by atoms with van der Waals surface area (Å²) in [5, 5.41) is 2.61. The van der Waals surface area contributed by atoms with Gasteiger partial charge in [0.05, 0.1) is 5.69 Å². The van der Waals surface area contributed by atoms with E-state index in [1.54, 1.807) is 12.1 Å². The Morgan fingerprint density at radius 2 is 2.15 bits per heavy atom. The highest BCUT2D eigenvalue weighted by atomic mass is 79.9. The lowest BCUT2D eigenvalue weighted by molar-refractivity contribution is 0.102. The van der Waals surface area contributed by atoms with E-state index in [0.29, 0.717) is 10.2 Å². The Kier molecular flexibility index (Phi) is 4.41. The van der Waals surface area contributed by atoms with Gasteiger partial charge in [-0.25, -0.2) is 9.37 Å². The molecule has 0 saturated carbocycles. The second-order valence-electron chi connectivity index (χ2n) is 3.84. The smallest absolute Gasteiger partial charge is 0.275 e. The lowest BCUT2D eigenvalue weighted by atomic mass is 10.1. The fourth-order valence-electron chi connectivity index (χ4n) is 1.56. The third kappa shape index (κ3) is 3.17. The molecule has 0 saturated heterocycles. The normalized spacial score (nSPS) is 10.1. The number of aromatic nitrogens is 1. The van der Waals surface area contributed by atoms with Gasteiger partial charge in [-0.2, -0.15) is 0 Å². The predicted octanol–water partition coefficient (Wildman–Crippen LogP) is 2.87. The van der Waals surface area contributed by atoms with E-state index < -0.39 is 11.7 Å². The second kappa shape index (κ2) is 6.06. The lowest BCUT2D eigenvalue weighted by Gasteiger charge is -2.10. The number of nitrogens with two attached hydrogens (primary N) is 1. The first kappa shape index (κ1) is 14.5. The molecule has 0 aliphatic rings. The molecule has 0 aliphatic carbocycles. The van der Waals surface area contributed by atoms with E-state index in [1.807, 2.05) is 0 Å². The van der Waals surface area contributed by atoms with Gasteiger partial charge < -0.3 is 11.1 Å². The molecule has 7 heteroatoms. The molecule has 2 rings (SSSR count). The van der Waals surface area contributed by atoms with Crippen molar-refractivity contribution in [3.8, 4) is 0 Å². The fraction of sp³-hybridized carbons (Fsp3) is 0. The van der Waals surface area contributed by atoms with Gasteiger partial charge in [0.2, 0.25) is 0 Å². The van der Waals surface area contributed by atoms with Crippen molar-refractivity contribution < 1.29 is 9.18 Å². The van der Waals surface area contributed by atoms with E-state index in [9.17, 15) is 9.18 Å². The molecule has 0 atom stereocenters. The van der Waals surface area contributed by atoms with E-state index in [1.165, 1.54) is 24.4 Å². The SMILES string of the molecule is NC(=S)c1cc(F)ccc1NC(=O)c1ncccc1Br. The first-order valence-corrected chi connectivity index (χ1v) is 6.70. The molecule has 4 nitrogen and oxygen atoms in total. The molecular weight excluding hydrogens is 345 g/mol. The third-order valence-corrected chi connectivity index (χ3v) is 3.33. The summed E-state index contributed by atoms with van der Waals surface area (Å²) >= 11 is 8.07. The average molecular weight is 354 g/mol. The zero-order chi connectivity index (χ0) is 14.7. The topological polar surface area (TPSA) is 68.0 Å². The van der Waals surface area contributed by atoms with Gasteiger partial charge in [-0.05, 0) is 46.3 Å². The summed E-state index contributed by atoms with van der Waals surface area (Å²) in [6, 6.07) is 7.18. The van der Waals surface area contributed by atoms with Gasteiger partial charge in [0, 0.05) is 16.2 Å². The Balaban J connectivity index is 2.33. The van der Waals surface area contributed by atoms with Crippen LogP contribution in [0.25, 0.3) is 0 Å². The van der Waals surface area contributed by atoms with Gasteiger partial charge in [0.1, 0.15) is 16.5 Å². The monoisotopic (exact) mass is 353 g/mol. The molecule has 0 radical (unpaired) electrons. The maximum atomic E-state index is 13.2. The summed E-state index contributed by atoms with van der Waals surface area (Å²) in [5.74, 6) is -0.925. The fourth-order valence-corrected chi connectivity index (χ4v) is 2.17. The van der Waals surface area contributed by atoms with Crippen LogP contribution in [-0.2, 0) is 0 Å². The van der Waals surface area contributed by atoms with Crippen LogP contribution in [0.3, 0.4) is 0 Å². The Labute approximate surface area is 128 Å². The highest BCUT2D eigenvalue weighted by molar-refractivity contribution is 9.10. The Morgan fingerprint density at radius 1 is 1.40 bits per heavy atom. The summed E-state index contributed by atoms with van der Waals surface area (Å²) in [6.45, 7) is 0. The number of pyridine rings is 1. The number of halogens is 2. The van der Waals surface area contributed by atoms with Gasteiger partial charge in [0.25, 0.3) is 5.91 Å². The number of amides is 1. The maximum absolute atomic E-state index is 13.2. The third-order valence-electron chi connectivity index (χ3n) is 2.47. The zero-order valence-electron chi connectivity index (χ0n) is 10.1. The Morgan fingerprint density at radius 3 is 2.80 bits per heavy atom. The molecule has 3 N–H and O–H groups in total. The maximum Gasteiger partial charge on any atom is 0.275 e. The first-order chi connectivity index (χ1) is 9.49. The van der Waals surface area contributed by atoms with Crippen LogP contribution < -0.4 is 11.1 Å². The number of nitrogens with zero attached hydrogens (tertiary/aromatic N) is 1. The molecule has 1 heterocycles. The molecule has 0 bridgehead atoms. The molecule has 102 valence electrons. The number of thiocarbonyl (C=S) groups is 1. The molecule has 0 aliphatic heterocycles. The highest BCUT2D eigenvalue weighted by Gasteiger charge is 2.14. The molecule has 0 unspecified atom stereocenters. The van der Waals surface area contributed by atoms with Crippen LogP contribution in [0.5, 0.6) is 0 Å². The minimum absolute atomic E-state index is 0.000105. The van der Waals surface area contributed by atoms with Crippen LogP contribution in [0.4, 0.5) is 10.1 Å². The molecular formula is C13H9BrFN3OS. The van der Waals surface area contributed by atoms with E-state index in [0.717, 1.165) is 0 Å². The number of benzene rings is 1. The summed E-state index contributed by atoms with van der Waals surface area (Å²) in [6.07, 6.45) is 1.50. The average Bonchev–Trinajstić information content (AvgIpc) is 2.41. The Bertz CT molecular complexity index is 693. The lowest BCUT2D eigenvalue weighted by Crippen LogP contribution is -2.19. The first-order valence-electron chi connectivity index (χ1n) is 5.50. The van der Waals surface area contributed by atoms with Crippen molar-refractivity contribution in [2.45, 2.75) is 0 Å². The number of nitrogens with one attached hydrogen (secondary N) is 1. The van der Waals surface area contributed by atoms with Crippen LogP contribution in [0.2, 0.25) is 0 Å². The molecule has 1 aromatic carbocycles.